The average molecular weight is 238 g/mol. The summed E-state index contributed by atoms with van der Waals surface area (Å²) in [6, 6.07) is 9.61. The van der Waals surface area contributed by atoms with E-state index in [4.69, 9.17) is 21.4 Å². The molecule has 3 nitrogen and oxygen atoms in total. The molecule has 1 aromatic carbocycles. The van der Waals surface area contributed by atoms with Gasteiger partial charge in [-0.1, -0.05) is 23.7 Å². The molecule has 0 aliphatic heterocycles. The van der Waals surface area contributed by atoms with E-state index in [2.05, 4.69) is 4.98 Å². The van der Waals surface area contributed by atoms with E-state index in [1.807, 2.05) is 24.3 Å². The fourth-order valence-electron chi connectivity index (χ4n) is 1.48. The first-order chi connectivity index (χ1) is 7.79. The summed E-state index contributed by atoms with van der Waals surface area (Å²) in [6.45, 7) is 0.864. The second-order valence-corrected chi connectivity index (χ2v) is 3.82. The summed E-state index contributed by atoms with van der Waals surface area (Å²) >= 11 is 5.82. The van der Waals surface area contributed by atoms with Crippen molar-refractivity contribution in [2.75, 3.05) is 13.2 Å². The Labute approximate surface area is 98.6 Å². The summed E-state index contributed by atoms with van der Waals surface area (Å²) < 4.78 is 5.24. The van der Waals surface area contributed by atoms with Gasteiger partial charge in [-0.3, -0.25) is 0 Å². The van der Waals surface area contributed by atoms with Crippen LogP contribution in [-0.2, 0) is 11.3 Å². The zero-order chi connectivity index (χ0) is 11.4. The zero-order valence-corrected chi connectivity index (χ0v) is 9.44. The van der Waals surface area contributed by atoms with Crippen LogP contribution in [0.3, 0.4) is 0 Å². The van der Waals surface area contributed by atoms with Crippen LogP contribution in [0.2, 0.25) is 5.15 Å². The first-order valence-corrected chi connectivity index (χ1v) is 5.41. The highest BCUT2D eigenvalue weighted by molar-refractivity contribution is 6.29. The number of hydrogen-bond donors (Lipinski definition) is 1. The van der Waals surface area contributed by atoms with Gasteiger partial charge in [0.1, 0.15) is 5.15 Å². The molecule has 0 saturated heterocycles. The second-order valence-electron chi connectivity index (χ2n) is 3.44. The van der Waals surface area contributed by atoms with Gasteiger partial charge in [0.2, 0.25) is 0 Å². The van der Waals surface area contributed by atoms with Crippen molar-refractivity contribution in [2.45, 2.75) is 6.61 Å². The van der Waals surface area contributed by atoms with Gasteiger partial charge in [0.25, 0.3) is 0 Å². The van der Waals surface area contributed by atoms with Gasteiger partial charge >= 0.3 is 0 Å². The Hall–Kier alpha value is -1.16. The molecule has 1 N–H and O–H groups in total. The lowest BCUT2D eigenvalue weighted by Gasteiger charge is -2.04. The zero-order valence-electron chi connectivity index (χ0n) is 8.69. The number of rotatable bonds is 4. The van der Waals surface area contributed by atoms with E-state index in [0.29, 0.717) is 18.4 Å². The third-order valence-electron chi connectivity index (χ3n) is 2.23. The van der Waals surface area contributed by atoms with E-state index in [0.717, 1.165) is 16.5 Å². The van der Waals surface area contributed by atoms with Gasteiger partial charge < -0.3 is 9.84 Å². The second kappa shape index (κ2) is 5.25. The lowest BCUT2D eigenvalue weighted by Crippen LogP contribution is -1.99. The Morgan fingerprint density at radius 3 is 2.88 bits per heavy atom. The van der Waals surface area contributed by atoms with Gasteiger partial charge in [0, 0.05) is 5.39 Å². The molecule has 2 rings (SSSR count). The van der Waals surface area contributed by atoms with Crippen LogP contribution in [-0.4, -0.2) is 23.3 Å². The molecule has 0 radical (unpaired) electrons. The number of ether oxygens (including phenoxy) is 1. The Bertz CT molecular complexity index is 487. The van der Waals surface area contributed by atoms with Crippen molar-refractivity contribution in [3.8, 4) is 0 Å². The maximum atomic E-state index is 8.60. The maximum absolute atomic E-state index is 8.60. The van der Waals surface area contributed by atoms with Gasteiger partial charge in [0.15, 0.2) is 0 Å². The standard InChI is InChI=1S/C12H12ClNO2/c13-12-4-3-10-2-1-9(7-11(10)14-12)8-16-6-5-15/h1-4,7,15H,5-6,8H2. The molecule has 0 bridgehead atoms. The van der Waals surface area contributed by atoms with Crippen LogP contribution in [0.5, 0.6) is 0 Å². The third kappa shape index (κ3) is 2.70. The van der Waals surface area contributed by atoms with Gasteiger partial charge in [-0.2, -0.15) is 0 Å². The largest absolute Gasteiger partial charge is 0.394 e. The predicted molar refractivity (Wildman–Crippen MR) is 63.5 cm³/mol. The molecule has 0 spiro atoms. The summed E-state index contributed by atoms with van der Waals surface area (Å²) in [5.41, 5.74) is 1.88. The van der Waals surface area contributed by atoms with Crippen LogP contribution in [0, 0.1) is 0 Å². The fourth-order valence-corrected chi connectivity index (χ4v) is 1.64. The van der Waals surface area contributed by atoms with E-state index in [1.165, 1.54) is 0 Å². The summed E-state index contributed by atoms with van der Waals surface area (Å²) in [4.78, 5) is 4.23. The molecule has 1 aromatic heterocycles. The maximum Gasteiger partial charge on any atom is 0.129 e. The summed E-state index contributed by atoms with van der Waals surface area (Å²) in [5, 5.41) is 10.1. The van der Waals surface area contributed by atoms with Crippen LogP contribution in [0.1, 0.15) is 5.56 Å². The van der Waals surface area contributed by atoms with Crippen LogP contribution >= 0.6 is 11.6 Å². The molecule has 4 heteroatoms. The van der Waals surface area contributed by atoms with Crippen molar-refractivity contribution in [1.82, 2.24) is 4.98 Å². The van der Waals surface area contributed by atoms with Gasteiger partial charge in [-0.15, -0.1) is 0 Å². The molecule has 0 unspecified atom stereocenters. The minimum absolute atomic E-state index is 0.0393. The van der Waals surface area contributed by atoms with E-state index in [1.54, 1.807) is 6.07 Å². The number of benzene rings is 1. The van der Waals surface area contributed by atoms with Crippen molar-refractivity contribution in [3.63, 3.8) is 0 Å². The molecule has 0 saturated carbocycles. The number of aliphatic hydroxyl groups excluding tert-OH is 1. The molecule has 0 amide bonds. The molecular formula is C12H12ClNO2. The fraction of sp³-hybridized carbons (Fsp3) is 0.250. The first kappa shape index (κ1) is 11.3. The number of pyridine rings is 1. The normalized spacial score (nSPS) is 10.9. The summed E-state index contributed by atoms with van der Waals surface area (Å²) in [7, 11) is 0. The number of nitrogens with zero attached hydrogens (tertiary/aromatic N) is 1. The quantitative estimate of drug-likeness (QED) is 0.656. The lowest BCUT2D eigenvalue weighted by atomic mass is 10.1. The predicted octanol–water partition coefficient (Wildman–Crippen LogP) is 2.40. The van der Waals surface area contributed by atoms with E-state index >= 15 is 0 Å². The number of fused-ring (bicyclic) bond motifs is 1. The van der Waals surface area contributed by atoms with E-state index in [9.17, 15) is 0 Å². The SMILES string of the molecule is OCCOCc1ccc2ccc(Cl)nc2c1. The van der Waals surface area contributed by atoms with Crippen molar-refractivity contribution < 1.29 is 9.84 Å². The summed E-state index contributed by atoms with van der Waals surface area (Å²) in [6.07, 6.45) is 0. The minimum Gasteiger partial charge on any atom is -0.394 e. The Kier molecular flexibility index (Phi) is 3.72. The Morgan fingerprint density at radius 1 is 1.25 bits per heavy atom. The Morgan fingerprint density at radius 2 is 2.06 bits per heavy atom. The van der Waals surface area contributed by atoms with Crippen molar-refractivity contribution in [1.29, 1.82) is 0 Å². The monoisotopic (exact) mass is 237 g/mol. The number of aliphatic hydroxyl groups is 1. The minimum atomic E-state index is 0.0393. The van der Waals surface area contributed by atoms with Crippen molar-refractivity contribution >= 4 is 22.5 Å². The third-order valence-corrected chi connectivity index (χ3v) is 2.44. The number of hydrogen-bond acceptors (Lipinski definition) is 3. The molecule has 16 heavy (non-hydrogen) atoms. The van der Waals surface area contributed by atoms with Crippen LogP contribution in [0.15, 0.2) is 30.3 Å². The molecular weight excluding hydrogens is 226 g/mol. The topological polar surface area (TPSA) is 42.4 Å². The molecule has 0 aliphatic carbocycles. The average Bonchev–Trinajstić information content (AvgIpc) is 2.29. The van der Waals surface area contributed by atoms with Gasteiger partial charge in [0.05, 0.1) is 25.3 Å². The van der Waals surface area contributed by atoms with Crippen LogP contribution in [0.25, 0.3) is 10.9 Å². The highest BCUT2D eigenvalue weighted by atomic mass is 35.5. The van der Waals surface area contributed by atoms with E-state index < -0.39 is 0 Å². The number of halogens is 1. The first-order valence-electron chi connectivity index (χ1n) is 5.03. The highest BCUT2D eigenvalue weighted by Crippen LogP contribution is 2.17. The Balaban J connectivity index is 2.21. The van der Waals surface area contributed by atoms with Crippen LogP contribution in [0.4, 0.5) is 0 Å². The molecule has 0 atom stereocenters. The highest BCUT2D eigenvalue weighted by Gasteiger charge is 1.99. The van der Waals surface area contributed by atoms with Crippen molar-refractivity contribution in [2.24, 2.45) is 0 Å². The smallest absolute Gasteiger partial charge is 0.129 e. The molecule has 2 aromatic rings. The van der Waals surface area contributed by atoms with Crippen LogP contribution < -0.4 is 0 Å². The van der Waals surface area contributed by atoms with Gasteiger partial charge in [-0.25, -0.2) is 4.98 Å². The van der Waals surface area contributed by atoms with Crippen molar-refractivity contribution in [3.05, 3.63) is 41.0 Å². The van der Waals surface area contributed by atoms with Gasteiger partial charge in [-0.05, 0) is 23.8 Å². The molecule has 1 heterocycles. The van der Waals surface area contributed by atoms with E-state index in [-0.39, 0.29) is 6.61 Å². The molecule has 0 aliphatic rings. The lowest BCUT2D eigenvalue weighted by molar-refractivity contribution is 0.0816. The molecule has 0 fully saturated rings. The molecule has 84 valence electrons. The number of aromatic nitrogens is 1. The summed E-state index contributed by atoms with van der Waals surface area (Å²) in [5.74, 6) is 0.